The third-order valence-corrected chi connectivity index (χ3v) is 12.8. The molecule has 3 saturated heterocycles. The molecule has 0 radical (unpaired) electrons. The number of carbonyl (C=O) groups excluding carboxylic acids is 3. The number of hydrogen-bond donors (Lipinski definition) is 3. The van der Waals surface area contributed by atoms with Gasteiger partial charge in [-0.1, -0.05) is 24.3 Å². The Balaban J connectivity index is 0.743. The molecule has 5 heterocycles. The van der Waals surface area contributed by atoms with Gasteiger partial charge in [0.05, 0.1) is 6.20 Å². The first-order chi connectivity index (χ1) is 28.7. The number of anilines is 2. The number of aromatic nitrogens is 3. The van der Waals surface area contributed by atoms with Gasteiger partial charge in [-0.25, -0.2) is 18.7 Å². The molecule has 4 fully saturated rings. The van der Waals surface area contributed by atoms with E-state index in [1.165, 1.54) is 22.9 Å². The number of likely N-dealkylation sites (tertiary alicyclic amines) is 2. The van der Waals surface area contributed by atoms with E-state index in [2.05, 4.69) is 35.7 Å². The van der Waals surface area contributed by atoms with Gasteiger partial charge in [0.1, 0.15) is 17.6 Å². The van der Waals surface area contributed by atoms with Gasteiger partial charge in [-0.05, 0) is 132 Å². The quantitative estimate of drug-likeness (QED) is 0.150. The summed E-state index contributed by atoms with van der Waals surface area (Å²) >= 11 is 0. The lowest BCUT2D eigenvalue weighted by atomic mass is 9.84. The standard InChI is InChI=1S/C45H52F2N8O4/c46-37-27-34(49-39-13-14-40(56)51-43(39)58)11-12-36(37)30-18-22-53(23-19-30)21-15-29-16-24-54(25-17-29)44(59)31-7-9-33(10-8-31)50-45-48-28-38(47)42(52-45)32-4-3-5-35(26-32)55-20-2-1-6-41(55)57/h1-6,11-12,20,26-31,33,39,49H,7-10,13-19,21-25H2,(H,48,50,52)(H,51,56,58). The molecule has 1 atom stereocenters. The van der Waals surface area contributed by atoms with Crippen LogP contribution in [0.25, 0.3) is 16.9 Å². The van der Waals surface area contributed by atoms with Crippen molar-refractivity contribution in [3.63, 3.8) is 0 Å². The molecule has 310 valence electrons. The minimum Gasteiger partial charge on any atom is -0.374 e. The summed E-state index contributed by atoms with van der Waals surface area (Å²) in [7, 11) is 0. The van der Waals surface area contributed by atoms with E-state index in [9.17, 15) is 23.6 Å². The molecule has 1 saturated carbocycles. The van der Waals surface area contributed by atoms with Crippen molar-refractivity contribution in [1.29, 1.82) is 0 Å². The van der Waals surface area contributed by atoms with E-state index in [0.29, 0.717) is 35.2 Å². The van der Waals surface area contributed by atoms with Crippen LogP contribution in [0.5, 0.6) is 0 Å². The van der Waals surface area contributed by atoms with Crippen LogP contribution in [0.2, 0.25) is 0 Å². The van der Waals surface area contributed by atoms with E-state index in [1.807, 2.05) is 12.1 Å². The fraction of sp³-hybridized carbons (Fsp3) is 0.467. The van der Waals surface area contributed by atoms with Crippen molar-refractivity contribution >= 4 is 29.4 Å². The Morgan fingerprint density at radius 2 is 1.61 bits per heavy atom. The van der Waals surface area contributed by atoms with E-state index >= 15 is 4.39 Å². The maximum absolute atomic E-state index is 15.2. The van der Waals surface area contributed by atoms with Crippen molar-refractivity contribution in [2.45, 2.75) is 88.6 Å². The van der Waals surface area contributed by atoms with E-state index < -0.39 is 11.9 Å². The van der Waals surface area contributed by atoms with Gasteiger partial charge in [0, 0.05) is 60.7 Å². The van der Waals surface area contributed by atoms with Gasteiger partial charge in [0.2, 0.25) is 23.7 Å². The van der Waals surface area contributed by atoms with Gasteiger partial charge in [-0.2, -0.15) is 0 Å². The van der Waals surface area contributed by atoms with Crippen molar-refractivity contribution in [2.75, 3.05) is 43.4 Å². The summed E-state index contributed by atoms with van der Waals surface area (Å²) in [4.78, 5) is 62.7. The number of benzene rings is 2. The molecule has 59 heavy (non-hydrogen) atoms. The Kier molecular flexibility index (Phi) is 12.4. The maximum atomic E-state index is 15.2. The number of rotatable bonds is 11. The van der Waals surface area contributed by atoms with E-state index in [4.69, 9.17) is 0 Å². The highest BCUT2D eigenvalue weighted by atomic mass is 19.1. The van der Waals surface area contributed by atoms with Crippen LogP contribution >= 0.6 is 0 Å². The highest BCUT2D eigenvalue weighted by molar-refractivity contribution is 6.01. The van der Waals surface area contributed by atoms with Crippen LogP contribution in [0.15, 0.2) is 77.9 Å². The highest BCUT2D eigenvalue weighted by Crippen LogP contribution is 2.34. The van der Waals surface area contributed by atoms with Crippen LogP contribution < -0.4 is 21.5 Å². The minimum atomic E-state index is -0.548. The van der Waals surface area contributed by atoms with Crippen molar-refractivity contribution in [1.82, 2.24) is 29.7 Å². The van der Waals surface area contributed by atoms with Crippen molar-refractivity contribution in [3.05, 3.63) is 101 Å². The number of piperidine rings is 3. The average molecular weight is 807 g/mol. The summed E-state index contributed by atoms with van der Waals surface area (Å²) in [5.74, 6) is -0.115. The second-order valence-electron chi connectivity index (χ2n) is 16.6. The molecule has 12 nitrogen and oxygen atoms in total. The predicted molar refractivity (Wildman–Crippen MR) is 221 cm³/mol. The number of carbonyl (C=O) groups is 3. The van der Waals surface area contributed by atoms with Crippen LogP contribution in [0.3, 0.4) is 0 Å². The van der Waals surface area contributed by atoms with Crippen molar-refractivity contribution < 1.29 is 23.2 Å². The first kappa shape index (κ1) is 40.3. The van der Waals surface area contributed by atoms with Gasteiger partial charge in [0.25, 0.3) is 5.56 Å². The van der Waals surface area contributed by atoms with Crippen molar-refractivity contribution in [3.8, 4) is 16.9 Å². The summed E-state index contributed by atoms with van der Waals surface area (Å²) in [5, 5.41) is 8.77. The lowest BCUT2D eigenvalue weighted by Gasteiger charge is -2.37. The summed E-state index contributed by atoms with van der Waals surface area (Å²) in [6.07, 6.45) is 11.6. The largest absolute Gasteiger partial charge is 0.374 e. The van der Waals surface area contributed by atoms with E-state index in [0.717, 1.165) is 96.1 Å². The SMILES string of the molecule is O=C1CCC(Nc2ccc(C3CCN(CCC4CCN(C(=O)C5CCC(Nc6ncc(F)c(-c7cccc(-n8ccccc8=O)c7)n6)CC5)CC4)CC3)c(F)c2)C(=O)N1. The lowest BCUT2D eigenvalue weighted by Crippen LogP contribution is -2.47. The normalized spacial score (nSPS) is 22.2. The second kappa shape index (κ2) is 18.2. The van der Waals surface area contributed by atoms with Gasteiger partial charge in [-0.3, -0.25) is 29.1 Å². The Hall–Kier alpha value is -5.50. The molecule has 1 unspecified atom stereocenters. The number of halogens is 2. The van der Waals surface area contributed by atoms with Gasteiger partial charge >= 0.3 is 0 Å². The molecule has 14 heteroatoms. The Morgan fingerprint density at radius 1 is 0.814 bits per heavy atom. The third kappa shape index (κ3) is 9.70. The molecule has 1 aliphatic carbocycles. The number of hydrogen-bond acceptors (Lipinski definition) is 9. The highest BCUT2D eigenvalue weighted by Gasteiger charge is 2.33. The van der Waals surface area contributed by atoms with Gasteiger partial charge < -0.3 is 20.4 Å². The minimum absolute atomic E-state index is 0.00219. The summed E-state index contributed by atoms with van der Waals surface area (Å²) < 4.78 is 31.7. The van der Waals surface area contributed by atoms with Crippen LogP contribution in [-0.2, 0) is 14.4 Å². The third-order valence-electron chi connectivity index (χ3n) is 12.8. The maximum Gasteiger partial charge on any atom is 0.255 e. The average Bonchev–Trinajstić information content (AvgIpc) is 3.25. The molecule has 8 rings (SSSR count). The number of nitrogens with zero attached hydrogens (tertiary/aromatic N) is 5. The van der Waals surface area contributed by atoms with Crippen LogP contribution in [-0.4, -0.2) is 86.9 Å². The molecule has 4 aromatic rings. The van der Waals surface area contributed by atoms with Crippen LogP contribution in [0, 0.1) is 23.5 Å². The first-order valence-electron chi connectivity index (χ1n) is 21.1. The van der Waals surface area contributed by atoms with E-state index in [1.54, 1.807) is 42.6 Å². The molecular weight excluding hydrogens is 755 g/mol. The van der Waals surface area contributed by atoms with E-state index in [-0.39, 0.29) is 59.1 Å². The molecule has 0 bridgehead atoms. The Morgan fingerprint density at radius 3 is 2.36 bits per heavy atom. The monoisotopic (exact) mass is 806 g/mol. The summed E-state index contributed by atoms with van der Waals surface area (Å²) in [6, 6.07) is 16.6. The number of nitrogens with one attached hydrogen (secondary N) is 3. The zero-order valence-electron chi connectivity index (χ0n) is 33.3. The lowest BCUT2D eigenvalue weighted by molar-refractivity contribution is -0.138. The molecule has 4 aliphatic rings. The molecule has 2 aromatic heterocycles. The summed E-state index contributed by atoms with van der Waals surface area (Å²) in [5.41, 5.74) is 2.40. The fourth-order valence-corrected chi connectivity index (χ4v) is 9.26. The van der Waals surface area contributed by atoms with Gasteiger partial charge in [-0.15, -0.1) is 0 Å². The van der Waals surface area contributed by atoms with Crippen molar-refractivity contribution in [2.24, 2.45) is 11.8 Å². The molecule has 3 N–H and O–H groups in total. The number of pyridine rings is 1. The first-order valence-corrected chi connectivity index (χ1v) is 21.1. The Labute approximate surface area is 342 Å². The fourth-order valence-electron chi connectivity index (χ4n) is 9.26. The molecule has 0 spiro atoms. The second-order valence-corrected chi connectivity index (χ2v) is 16.6. The molecule has 3 aliphatic heterocycles. The topological polar surface area (TPSA) is 142 Å². The zero-order valence-corrected chi connectivity index (χ0v) is 33.3. The smallest absolute Gasteiger partial charge is 0.255 e. The Bertz CT molecular complexity index is 2210. The molecule has 2 aromatic carbocycles. The summed E-state index contributed by atoms with van der Waals surface area (Å²) in [6.45, 7) is 4.46. The van der Waals surface area contributed by atoms with Gasteiger partial charge in [0.15, 0.2) is 5.82 Å². The number of imide groups is 1. The predicted octanol–water partition coefficient (Wildman–Crippen LogP) is 6.27. The van der Waals surface area contributed by atoms with Crippen LogP contribution in [0.4, 0.5) is 20.4 Å². The van der Waals surface area contributed by atoms with Crippen LogP contribution in [0.1, 0.15) is 82.1 Å². The molecular formula is C45H52F2N8O4. The molecule has 3 amide bonds. The zero-order chi connectivity index (χ0) is 40.9. The number of amides is 3.